The Labute approximate surface area is 171 Å². The van der Waals surface area contributed by atoms with Gasteiger partial charge in [0.2, 0.25) is 0 Å². The molecule has 0 atom stereocenters. The lowest BCUT2D eigenvalue weighted by Crippen LogP contribution is -2.10. The van der Waals surface area contributed by atoms with Crippen LogP contribution in [0.15, 0.2) is 73.1 Å². The van der Waals surface area contributed by atoms with Crippen LogP contribution in [0.3, 0.4) is 0 Å². The summed E-state index contributed by atoms with van der Waals surface area (Å²) in [4.78, 5) is 6.75. The van der Waals surface area contributed by atoms with Gasteiger partial charge in [0, 0.05) is 24.5 Å². The maximum Gasteiger partial charge on any atom is 0.119 e. The van der Waals surface area contributed by atoms with Crippen LogP contribution in [-0.2, 0) is 13.1 Å². The topological polar surface area (TPSA) is 42.3 Å². The lowest BCUT2D eigenvalue weighted by molar-refractivity contribution is 0.402. The van der Waals surface area contributed by atoms with Gasteiger partial charge < -0.3 is 15.0 Å². The van der Waals surface area contributed by atoms with E-state index in [0.717, 1.165) is 41.2 Å². The fraction of sp³-hybridized carbons (Fsp3) is 0.208. The SMILES string of the molecule is COc1ccc(-n2cnc3cc(NCc4ccc(CN(C)C)cc4)ccc32)cc1. The van der Waals surface area contributed by atoms with Crippen LogP contribution < -0.4 is 10.1 Å². The second-order valence-electron chi connectivity index (χ2n) is 7.42. The van der Waals surface area contributed by atoms with Gasteiger partial charge in [0.25, 0.3) is 0 Å². The van der Waals surface area contributed by atoms with E-state index in [0.29, 0.717) is 0 Å². The van der Waals surface area contributed by atoms with Crippen molar-refractivity contribution in [3.8, 4) is 11.4 Å². The molecule has 0 spiro atoms. The van der Waals surface area contributed by atoms with Crippen LogP contribution in [0.2, 0.25) is 0 Å². The number of hydrogen-bond donors (Lipinski definition) is 1. The number of rotatable bonds is 7. The molecule has 0 bridgehead atoms. The van der Waals surface area contributed by atoms with Crippen LogP contribution in [0.1, 0.15) is 11.1 Å². The normalized spacial score (nSPS) is 11.2. The summed E-state index contributed by atoms with van der Waals surface area (Å²) < 4.78 is 7.33. The number of imidazole rings is 1. The summed E-state index contributed by atoms with van der Waals surface area (Å²) in [5.74, 6) is 0.847. The van der Waals surface area contributed by atoms with Crippen molar-refractivity contribution in [2.24, 2.45) is 0 Å². The molecule has 1 N–H and O–H groups in total. The summed E-state index contributed by atoms with van der Waals surface area (Å²) in [6.45, 7) is 1.74. The van der Waals surface area contributed by atoms with Crippen LogP contribution in [0.4, 0.5) is 5.69 Å². The molecule has 0 aliphatic carbocycles. The first-order valence-electron chi connectivity index (χ1n) is 9.70. The van der Waals surface area contributed by atoms with Gasteiger partial charge >= 0.3 is 0 Å². The van der Waals surface area contributed by atoms with Gasteiger partial charge in [0.05, 0.1) is 18.1 Å². The lowest BCUT2D eigenvalue weighted by Gasteiger charge is -2.11. The summed E-state index contributed by atoms with van der Waals surface area (Å²) in [6.07, 6.45) is 1.86. The van der Waals surface area contributed by atoms with Crippen LogP contribution >= 0.6 is 0 Å². The third-order valence-electron chi connectivity index (χ3n) is 4.92. The van der Waals surface area contributed by atoms with E-state index in [1.165, 1.54) is 11.1 Å². The Morgan fingerprint density at radius 3 is 2.34 bits per heavy atom. The standard InChI is InChI=1S/C24H26N4O/c1-27(2)16-19-6-4-18(5-7-19)15-25-20-8-13-24-23(14-20)26-17-28(24)21-9-11-22(29-3)12-10-21/h4-14,17,25H,15-16H2,1-3H3. The Balaban J connectivity index is 1.46. The van der Waals surface area contributed by atoms with Gasteiger partial charge in [-0.05, 0) is 67.7 Å². The molecule has 29 heavy (non-hydrogen) atoms. The van der Waals surface area contributed by atoms with Crippen molar-refractivity contribution in [1.29, 1.82) is 0 Å². The number of hydrogen-bond acceptors (Lipinski definition) is 4. The zero-order valence-corrected chi connectivity index (χ0v) is 17.1. The van der Waals surface area contributed by atoms with Crippen LogP contribution in [0.25, 0.3) is 16.7 Å². The molecule has 0 radical (unpaired) electrons. The van der Waals surface area contributed by atoms with Gasteiger partial charge in [-0.2, -0.15) is 0 Å². The quantitative estimate of drug-likeness (QED) is 0.500. The molecule has 0 saturated heterocycles. The molecule has 0 amide bonds. The molecule has 0 fully saturated rings. The van der Waals surface area contributed by atoms with E-state index in [1.54, 1.807) is 7.11 Å². The van der Waals surface area contributed by atoms with Crippen LogP contribution in [0, 0.1) is 0 Å². The lowest BCUT2D eigenvalue weighted by atomic mass is 10.1. The molecule has 0 aliphatic heterocycles. The van der Waals surface area contributed by atoms with Crippen LogP contribution in [-0.4, -0.2) is 35.7 Å². The van der Waals surface area contributed by atoms with E-state index in [1.807, 2.05) is 30.6 Å². The Morgan fingerprint density at radius 1 is 0.931 bits per heavy atom. The smallest absolute Gasteiger partial charge is 0.119 e. The van der Waals surface area contributed by atoms with Crippen molar-refractivity contribution in [1.82, 2.24) is 14.5 Å². The molecule has 0 aliphatic rings. The van der Waals surface area contributed by atoms with Crippen molar-refractivity contribution < 1.29 is 4.74 Å². The Bertz CT molecular complexity index is 1080. The van der Waals surface area contributed by atoms with Crippen molar-refractivity contribution in [2.45, 2.75) is 13.1 Å². The first-order chi connectivity index (χ1) is 14.1. The molecule has 4 rings (SSSR count). The number of nitrogens with one attached hydrogen (secondary N) is 1. The number of benzene rings is 3. The van der Waals surface area contributed by atoms with Crippen molar-refractivity contribution in [3.63, 3.8) is 0 Å². The van der Waals surface area contributed by atoms with Gasteiger partial charge in [-0.25, -0.2) is 4.98 Å². The highest BCUT2D eigenvalue weighted by molar-refractivity contribution is 5.81. The highest BCUT2D eigenvalue weighted by atomic mass is 16.5. The fourth-order valence-electron chi connectivity index (χ4n) is 3.40. The molecule has 4 aromatic rings. The number of anilines is 1. The minimum absolute atomic E-state index is 0.785. The van der Waals surface area contributed by atoms with Gasteiger partial charge in [-0.1, -0.05) is 24.3 Å². The highest BCUT2D eigenvalue weighted by Gasteiger charge is 2.06. The average Bonchev–Trinajstić information content (AvgIpc) is 3.16. The van der Waals surface area contributed by atoms with E-state index in [9.17, 15) is 0 Å². The number of aromatic nitrogens is 2. The third kappa shape index (κ3) is 4.41. The van der Waals surface area contributed by atoms with Gasteiger partial charge in [-0.3, -0.25) is 4.57 Å². The summed E-state index contributed by atoms with van der Waals surface area (Å²) in [6, 6.07) is 23.0. The Hall–Kier alpha value is -3.31. The van der Waals surface area contributed by atoms with Gasteiger partial charge in [-0.15, -0.1) is 0 Å². The van der Waals surface area contributed by atoms with E-state index in [4.69, 9.17) is 4.74 Å². The molecule has 5 heteroatoms. The van der Waals surface area contributed by atoms with E-state index >= 15 is 0 Å². The monoisotopic (exact) mass is 386 g/mol. The van der Waals surface area contributed by atoms with Crippen molar-refractivity contribution in [3.05, 3.63) is 84.2 Å². The average molecular weight is 386 g/mol. The minimum atomic E-state index is 0.785. The first-order valence-corrected chi connectivity index (χ1v) is 9.70. The zero-order valence-electron chi connectivity index (χ0n) is 17.1. The predicted octanol–water partition coefficient (Wildman–Crippen LogP) is 4.71. The third-order valence-corrected chi connectivity index (χ3v) is 4.92. The number of fused-ring (bicyclic) bond motifs is 1. The first kappa shape index (κ1) is 19.0. The second-order valence-corrected chi connectivity index (χ2v) is 7.42. The Kier molecular flexibility index (Phi) is 5.49. The van der Waals surface area contributed by atoms with E-state index in [2.05, 4.69) is 76.3 Å². The predicted molar refractivity (Wildman–Crippen MR) is 119 cm³/mol. The van der Waals surface area contributed by atoms with Crippen molar-refractivity contribution >= 4 is 16.7 Å². The largest absolute Gasteiger partial charge is 0.497 e. The summed E-state index contributed by atoms with van der Waals surface area (Å²) in [7, 11) is 5.84. The molecular weight excluding hydrogens is 360 g/mol. The van der Waals surface area contributed by atoms with E-state index in [-0.39, 0.29) is 0 Å². The summed E-state index contributed by atoms with van der Waals surface area (Å²) in [5, 5.41) is 3.50. The number of ether oxygens (including phenoxy) is 1. The maximum absolute atomic E-state index is 5.24. The zero-order chi connectivity index (χ0) is 20.2. The molecule has 1 heterocycles. The van der Waals surface area contributed by atoms with Crippen molar-refractivity contribution in [2.75, 3.05) is 26.5 Å². The molecular formula is C24H26N4O. The maximum atomic E-state index is 5.24. The molecule has 1 aromatic heterocycles. The highest BCUT2D eigenvalue weighted by Crippen LogP contribution is 2.23. The number of nitrogens with zero attached hydrogens (tertiary/aromatic N) is 3. The summed E-state index contributed by atoms with van der Waals surface area (Å²) >= 11 is 0. The van der Waals surface area contributed by atoms with Gasteiger partial charge in [0.1, 0.15) is 12.1 Å². The molecule has 148 valence electrons. The molecule has 0 unspecified atom stereocenters. The second kappa shape index (κ2) is 8.37. The van der Waals surface area contributed by atoms with E-state index < -0.39 is 0 Å². The molecule has 0 saturated carbocycles. The van der Waals surface area contributed by atoms with Gasteiger partial charge in [0.15, 0.2) is 0 Å². The number of methoxy groups -OCH3 is 1. The molecule has 3 aromatic carbocycles. The fourth-order valence-corrected chi connectivity index (χ4v) is 3.40. The Morgan fingerprint density at radius 2 is 1.66 bits per heavy atom. The summed E-state index contributed by atoms with van der Waals surface area (Å²) in [5.41, 5.74) is 6.75. The van der Waals surface area contributed by atoms with Crippen LogP contribution in [0.5, 0.6) is 5.75 Å². The molecule has 5 nitrogen and oxygen atoms in total. The minimum Gasteiger partial charge on any atom is -0.497 e.